The SMILES string of the molecule is C[Si](C)(C)C1=CC(C(P)(c2ccc3ccccc3n2)c2ccc3ccccc3n2)=C(C23CC4CC(CC(C4)C2CP)C3)C1[Si](C)(C)C. The number of hydrogen-bond donors (Lipinski definition) is 0. The third-order valence-corrected chi connectivity index (χ3v) is 18.9. The summed E-state index contributed by atoms with van der Waals surface area (Å²) in [6.07, 6.45) is 11.1. The first-order chi connectivity index (χ1) is 22.3. The molecular weight excluding hydrogens is 639 g/mol. The zero-order valence-electron chi connectivity index (χ0n) is 29.2. The lowest BCUT2D eigenvalue weighted by Gasteiger charge is -2.64. The van der Waals surface area contributed by atoms with Gasteiger partial charge in [-0.15, -0.1) is 18.5 Å². The second kappa shape index (κ2) is 11.3. The number of benzene rings is 2. The van der Waals surface area contributed by atoms with Crippen LogP contribution in [-0.2, 0) is 5.16 Å². The molecule has 2 aromatic heterocycles. The van der Waals surface area contributed by atoms with Gasteiger partial charge < -0.3 is 0 Å². The van der Waals surface area contributed by atoms with E-state index in [2.05, 4.69) is 137 Å². The second-order valence-electron chi connectivity index (χ2n) is 17.7. The first-order valence-electron chi connectivity index (χ1n) is 18.0. The van der Waals surface area contributed by atoms with Gasteiger partial charge in [0.15, 0.2) is 0 Å². The molecule has 0 aliphatic heterocycles. The molecule has 0 saturated heterocycles. The molecule has 6 unspecified atom stereocenters. The molecule has 0 N–H and O–H groups in total. The van der Waals surface area contributed by atoms with E-state index in [1.54, 1.807) is 5.20 Å². The highest BCUT2D eigenvalue weighted by Gasteiger charge is 2.62. The molecule has 2 aromatic carbocycles. The van der Waals surface area contributed by atoms with Crippen molar-refractivity contribution in [2.24, 2.45) is 29.1 Å². The van der Waals surface area contributed by atoms with Crippen LogP contribution in [0.15, 0.2) is 95.2 Å². The topological polar surface area (TPSA) is 25.8 Å². The molecule has 5 aliphatic rings. The fraction of sp³-hybridized carbons (Fsp3) is 0.463. The van der Waals surface area contributed by atoms with Gasteiger partial charge in [-0.25, -0.2) is 0 Å². The lowest BCUT2D eigenvalue weighted by Crippen LogP contribution is -2.56. The van der Waals surface area contributed by atoms with Crippen molar-refractivity contribution in [1.29, 1.82) is 0 Å². The fourth-order valence-corrected chi connectivity index (χ4v) is 18.9. The van der Waals surface area contributed by atoms with Crippen molar-refractivity contribution >= 4 is 56.4 Å². The summed E-state index contributed by atoms with van der Waals surface area (Å²) in [7, 11) is 3.30. The molecule has 6 atom stereocenters. The monoisotopic (exact) mass is 690 g/mol. The average Bonchev–Trinajstić information content (AvgIpc) is 3.48. The molecular formula is C41H52N2P2Si2. The van der Waals surface area contributed by atoms with Gasteiger partial charge in [-0.05, 0) is 103 Å². The Balaban J connectivity index is 1.49. The van der Waals surface area contributed by atoms with Crippen LogP contribution in [0, 0.1) is 29.1 Å². The van der Waals surface area contributed by atoms with Crippen LogP contribution < -0.4 is 0 Å². The van der Waals surface area contributed by atoms with E-state index in [1.165, 1.54) is 54.6 Å². The van der Waals surface area contributed by atoms with Crippen LogP contribution >= 0.6 is 18.5 Å². The van der Waals surface area contributed by atoms with E-state index in [-0.39, 0.29) is 5.41 Å². The summed E-state index contributed by atoms with van der Waals surface area (Å²) in [6.45, 7) is 15.8. The third kappa shape index (κ3) is 5.06. The first kappa shape index (κ1) is 32.3. The Morgan fingerprint density at radius 1 is 0.745 bits per heavy atom. The molecule has 4 saturated carbocycles. The lowest BCUT2D eigenvalue weighted by atomic mass is 9.43. The second-order valence-corrected chi connectivity index (χ2v) is 29.4. The number of para-hydroxylation sites is 2. The minimum absolute atomic E-state index is 0.254. The predicted octanol–water partition coefficient (Wildman–Crippen LogP) is 11.0. The Labute approximate surface area is 289 Å². The summed E-state index contributed by atoms with van der Waals surface area (Å²) in [4.78, 5) is 11.1. The Hall–Kier alpha value is -1.97. The molecule has 47 heavy (non-hydrogen) atoms. The van der Waals surface area contributed by atoms with E-state index in [9.17, 15) is 0 Å². The Kier molecular flexibility index (Phi) is 7.74. The van der Waals surface area contributed by atoms with E-state index in [4.69, 9.17) is 9.97 Å². The molecule has 0 spiro atoms. The Bertz CT molecular complexity index is 1860. The first-order valence-corrected chi connectivity index (χ1v) is 26.5. The summed E-state index contributed by atoms with van der Waals surface area (Å²) in [5.41, 5.74) is 8.52. The highest BCUT2D eigenvalue weighted by Crippen LogP contribution is 2.72. The molecule has 9 rings (SSSR count). The minimum Gasteiger partial charge on any atom is -0.251 e. The highest BCUT2D eigenvalue weighted by molar-refractivity contribution is 7.19. The number of fused-ring (bicyclic) bond motifs is 2. The van der Waals surface area contributed by atoms with Gasteiger partial charge in [0.25, 0.3) is 0 Å². The highest BCUT2D eigenvalue weighted by atomic mass is 31.0. The maximum absolute atomic E-state index is 5.54. The summed E-state index contributed by atoms with van der Waals surface area (Å²) >= 11 is 0. The molecule has 4 fully saturated rings. The largest absolute Gasteiger partial charge is 0.251 e. The van der Waals surface area contributed by atoms with E-state index >= 15 is 0 Å². The molecule has 2 nitrogen and oxygen atoms in total. The zero-order chi connectivity index (χ0) is 32.9. The summed E-state index contributed by atoms with van der Waals surface area (Å²) in [5, 5.41) is 3.61. The number of pyridine rings is 2. The van der Waals surface area contributed by atoms with E-state index in [0.29, 0.717) is 5.54 Å². The van der Waals surface area contributed by atoms with E-state index in [0.717, 1.165) is 46.1 Å². The molecule has 6 heteroatoms. The molecule has 244 valence electrons. The van der Waals surface area contributed by atoms with Gasteiger partial charge in [0, 0.05) is 10.8 Å². The molecule has 0 amide bonds. The quantitative estimate of drug-likeness (QED) is 0.142. The van der Waals surface area contributed by atoms with Gasteiger partial charge in [-0.2, -0.15) is 0 Å². The molecule has 2 heterocycles. The van der Waals surface area contributed by atoms with Crippen molar-refractivity contribution in [1.82, 2.24) is 9.97 Å². The third-order valence-electron chi connectivity index (χ3n) is 12.7. The number of rotatable bonds is 7. The van der Waals surface area contributed by atoms with Crippen molar-refractivity contribution < 1.29 is 0 Å². The minimum atomic E-state index is -1.71. The van der Waals surface area contributed by atoms with Crippen LogP contribution in [0.25, 0.3) is 21.8 Å². The number of aromatic nitrogens is 2. The van der Waals surface area contributed by atoms with Crippen LogP contribution in [0.3, 0.4) is 0 Å². The van der Waals surface area contributed by atoms with Gasteiger partial charge in [-0.3, -0.25) is 9.97 Å². The van der Waals surface area contributed by atoms with Gasteiger partial charge >= 0.3 is 0 Å². The Morgan fingerprint density at radius 3 is 1.77 bits per heavy atom. The molecule has 5 aliphatic carbocycles. The fourth-order valence-electron chi connectivity index (χ4n) is 11.0. The van der Waals surface area contributed by atoms with Crippen molar-refractivity contribution in [2.45, 2.75) is 82.1 Å². The van der Waals surface area contributed by atoms with Gasteiger partial charge in [0.05, 0.1) is 43.7 Å². The van der Waals surface area contributed by atoms with Gasteiger partial charge in [-0.1, -0.05) is 105 Å². The summed E-state index contributed by atoms with van der Waals surface area (Å²) in [6, 6.07) is 26.4. The summed E-state index contributed by atoms with van der Waals surface area (Å²) in [5.74, 6) is 3.36. The Morgan fingerprint density at radius 2 is 1.28 bits per heavy atom. The maximum atomic E-state index is 5.54. The van der Waals surface area contributed by atoms with Crippen molar-refractivity contribution in [3.8, 4) is 0 Å². The van der Waals surface area contributed by atoms with Crippen LogP contribution in [0.4, 0.5) is 0 Å². The van der Waals surface area contributed by atoms with E-state index < -0.39 is 21.3 Å². The smallest absolute Gasteiger partial charge is 0.0933 e. The van der Waals surface area contributed by atoms with Gasteiger partial charge in [0.1, 0.15) is 0 Å². The predicted molar refractivity (Wildman–Crippen MR) is 214 cm³/mol. The van der Waals surface area contributed by atoms with Crippen molar-refractivity contribution in [3.05, 3.63) is 107 Å². The normalized spacial score (nSPS) is 29.3. The number of allylic oxidation sites excluding steroid dienone is 4. The van der Waals surface area contributed by atoms with Crippen LogP contribution in [0.5, 0.6) is 0 Å². The van der Waals surface area contributed by atoms with Crippen LogP contribution in [-0.4, -0.2) is 32.3 Å². The van der Waals surface area contributed by atoms with Crippen molar-refractivity contribution in [3.63, 3.8) is 0 Å². The number of nitrogens with zero attached hydrogens (tertiary/aromatic N) is 2. The standard InChI is InChI=1S/C41H52N2P2Si2/c1-46(2,3)35-22-31(38(39(35)47(4,5)6)40-23-26-19-27(24-40)21-30(20-26)32(40)25-44)41(45,36-17-15-28-11-7-9-13-33(28)42-36)37-18-16-29-12-8-10-14-34(29)43-37/h7-18,22,26-27,30,32,39H,19-21,23-25,44-45H2,1-6H3. The maximum Gasteiger partial charge on any atom is 0.0933 e. The molecule has 4 aromatic rings. The average molecular weight is 691 g/mol. The zero-order valence-corrected chi connectivity index (χ0v) is 33.5. The summed E-state index contributed by atoms with van der Waals surface area (Å²) < 4.78 is 0. The molecule has 0 radical (unpaired) electrons. The van der Waals surface area contributed by atoms with Crippen molar-refractivity contribution in [2.75, 3.05) is 6.16 Å². The lowest BCUT2D eigenvalue weighted by molar-refractivity contribution is -0.0791. The van der Waals surface area contributed by atoms with E-state index in [1.807, 2.05) is 5.57 Å². The van der Waals surface area contributed by atoms with Crippen LogP contribution in [0.2, 0.25) is 44.8 Å². The number of hydrogen-bond acceptors (Lipinski definition) is 2. The van der Waals surface area contributed by atoms with Crippen LogP contribution in [0.1, 0.15) is 43.5 Å². The molecule has 4 bridgehead atoms. The van der Waals surface area contributed by atoms with Gasteiger partial charge in [0.2, 0.25) is 0 Å².